The minimum atomic E-state index is -0.266. The van der Waals surface area contributed by atoms with Crippen molar-refractivity contribution in [2.75, 3.05) is 0 Å². The summed E-state index contributed by atoms with van der Waals surface area (Å²) < 4.78 is 1.91. The van der Waals surface area contributed by atoms with Gasteiger partial charge in [-0.2, -0.15) is 4.80 Å². The van der Waals surface area contributed by atoms with Gasteiger partial charge < -0.3 is 4.57 Å². The minimum absolute atomic E-state index is 0.266. The Morgan fingerprint density at radius 3 is 2.34 bits per heavy atom. The van der Waals surface area contributed by atoms with Crippen LogP contribution in [0.25, 0.3) is 22.8 Å². The molecular weight excluding hydrogens is 440 g/mol. The van der Waals surface area contributed by atoms with Gasteiger partial charge in [-0.05, 0) is 40.6 Å². The second-order valence-corrected chi connectivity index (χ2v) is 7.78. The van der Waals surface area contributed by atoms with Gasteiger partial charge >= 0.3 is 0 Å². The van der Waals surface area contributed by atoms with E-state index in [1.807, 2.05) is 77.5 Å². The Labute approximate surface area is 201 Å². The fraction of sp³-hybridized carbons (Fsp3) is 0.0385. The smallest absolute Gasteiger partial charge is 0.269 e. The van der Waals surface area contributed by atoms with Crippen molar-refractivity contribution in [3.05, 3.63) is 121 Å². The highest BCUT2D eigenvalue weighted by Crippen LogP contribution is 2.14. The normalized spacial score (nSPS) is 10.6. The van der Waals surface area contributed by atoms with Gasteiger partial charge in [-0.3, -0.25) is 15.6 Å². The summed E-state index contributed by atoms with van der Waals surface area (Å²) in [6.45, 7) is 4.45. The summed E-state index contributed by atoms with van der Waals surface area (Å²) >= 11 is 0. The highest BCUT2D eigenvalue weighted by atomic mass is 16.2. The molecule has 0 atom stereocenters. The summed E-state index contributed by atoms with van der Waals surface area (Å²) in [5.74, 6) is 0.308. The van der Waals surface area contributed by atoms with Crippen molar-refractivity contribution in [3.63, 3.8) is 0 Å². The average molecular weight is 463 g/mol. The highest BCUT2D eigenvalue weighted by Gasteiger charge is 2.09. The first-order valence-corrected chi connectivity index (χ1v) is 10.9. The largest absolute Gasteiger partial charge is 0.306 e. The summed E-state index contributed by atoms with van der Waals surface area (Å²) in [4.78, 5) is 18.1. The summed E-state index contributed by atoms with van der Waals surface area (Å²) in [6.07, 6.45) is 5.33. The molecule has 0 radical (unpaired) electrons. The van der Waals surface area contributed by atoms with Gasteiger partial charge in [0.2, 0.25) is 5.82 Å². The number of benzene rings is 3. The Kier molecular flexibility index (Phi) is 6.12. The van der Waals surface area contributed by atoms with Crippen LogP contribution in [-0.4, -0.2) is 35.7 Å². The van der Waals surface area contributed by atoms with E-state index in [-0.39, 0.29) is 5.91 Å². The van der Waals surface area contributed by atoms with Crippen LogP contribution < -0.4 is 10.9 Å². The molecule has 0 unspecified atom stereocenters. The molecule has 5 aromatic rings. The van der Waals surface area contributed by atoms with Gasteiger partial charge in [0.1, 0.15) is 0 Å². The summed E-state index contributed by atoms with van der Waals surface area (Å²) in [7, 11) is 0. The highest BCUT2D eigenvalue weighted by molar-refractivity contribution is 5.94. The van der Waals surface area contributed by atoms with E-state index in [0.717, 1.165) is 22.4 Å². The molecule has 2 aromatic heterocycles. The first-order chi connectivity index (χ1) is 17.2. The van der Waals surface area contributed by atoms with Crippen LogP contribution >= 0.6 is 0 Å². The van der Waals surface area contributed by atoms with E-state index < -0.39 is 0 Å². The van der Waals surface area contributed by atoms with Gasteiger partial charge in [-0.25, -0.2) is 4.98 Å². The first kappa shape index (κ1) is 21.8. The van der Waals surface area contributed by atoms with E-state index in [1.165, 1.54) is 4.80 Å². The Balaban J connectivity index is 1.15. The van der Waals surface area contributed by atoms with Gasteiger partial charge in [0.15, 0.2) is 0 Å². The number of imidazole rings is 1. The lowest BCUT2D eigenvalue weighted by Crippen LogP contribution is -2.35. The molecule has 0 saturated carbocycles. The van der Waals surface area contributed by atoms with Crippen LogP contribution in [-0.2, 0) is 6.54 Å². The minimum Gasteiger partial charge on any atom is -0.306 e. The molecule has 0 bridgehead atoms. The zero-order valence-corrected chi connectivity index (χ0v) is 18.7. The maximum atomic E-state index is 12.6. The molecule has 35 heavy (non-hydrogen) atoms. The number of hydrazine groups is 1. The third kappa shape index (κ3) is 5.14. The number of hydrogen-bond acceptors (Lipinski definition) is 6. The molecular formula is C26H22N8O. The van der Waals surface area contributed by atoms with Crippen LogP contribution in [0.1, 0.15) is 21.5 Å². The fourth-order valence-corrected chi connectivity index (χ4v) is 3.46. The fourth-order valence-electron chi connectivity index (χ4n) is 3.46. The molecule has 172 valence electrons. The first-order valence-electron chi connectivity index (χ1n) is 10.9. The predicted molar refractivity (Wildman–Crippen MR) is 132 cm³/mol. The van der Waals surface area contributed by atoms with E-state index in [0.29, 0.717) is 23.6 Å². The molecule has 0 aliphatic carbocycles. The molecule has 9 nitrogen and oxygen atoms in total. The number of rotatable bonds is 8. The monoisotopic (exact) mass is 462 g/mol. The third-order valence-corrected chi connectivity index (χ3v) is 5.37. The number of nitrogens with zero attached hydrogens (tertiary/aromatic N) is 6. The van der Waals surface area contributed by atoms with Crippen LogP contribution in [0.2, 0.25) is 0 Å². The molecule has 2 heterocycles. The van der Waals surface area contributed by atoms with Crippen LogP contribution in [0.15, 0.2) is 104 Å². The topological polar surface area (TPSA) is 103 Å². The zero-order valence-electron chi connectivity index (χ0n) is 18.7. The SMILES string of the molecule is C=C(NNC(=O)c1ccc(Cn2nnc(-c3ccccc3)n2)cc1)c1ccc(-n2ccnc2)cc1. The van der Waals surface area contributed by atoms with Crippen LogP contribution in [0.4, 0.5) is 0 Å². The molecule has 3 aromatic carbocycles. The van der Waals surface area contributed by atoms with Crippen molar-refractivity contribution in [2.24, 2.45) is 0 Å². The standard InChI is InChI=1S/C26H22N8O/c1-19(21-11-13-24(14-12-21)33-16-15-27-18-33)28-30-26(35)23-9-7-20(8-10-23)17-34-31-25(29-32-34)22-5-3-2-4-6-22/h2-16,18,28H,1,17H2,(H,30,35). The van der Waals surface area contributed by atoms with Crippen molar-refractivity contribution >= 4 is 11.6 Å². The Morgan fingerprint density at radius 1 is 0.886 bits per heavy atom. The Morgan fingerprint density at radius 2 is 1.63 bits per heavy atom. The molecule has 0 saturated heterocycles. The van der Waals surface area contributed by atoms with Gasteiger partial charge in [0.05, 0.1) is 18.6 Å². The molecule has 0 fully saturated rings. The molecule has 0 aliphatic heterocycles. The number of amides is 1. The molecule has 0 aliphatic rings. The van der Waals surface area contributed by atoms with E-state index in [2.05, 4.69) is 37.8 Å². The Hall–Kier alpha value is -5.05. The van der Waals surface area contributed by atoms with Crippen LogP contribution in [0.5, 0.6) is 0 Å². The van der Waals surface area contributed by atoms with Gasteiger partial charge in [-0.15, -0.1) is 10.2 Å². The lowest BCUT2D eigenvalue weighted by Gasteiger charge is -2.12. The van der Waals surface area contributed by atoms with Crippen molar-refractivity contribution in [1.82, 2.24) is 40.6 Å². The predicted octanol–water partition coefficient (Wildman–Crippen LogP) is 3.48. The van der Waals surface area contributed by atoms with Gasteiger partial charge in [0.25, 0.3) is 5.91 Å². The van der Waals surface area contributed by atoms with E-state index in [9.17, 15) is 4.79 Å². The maximum absolute atomic E-state index is 12.6. The number of nitrogens with one attached hydrogen (secondary N) is 2. The summed E-state index contributed by atoms with van der Waals surface area (Å²) in [5, 5.41) is 12.6. The summed E-state index contributed by atoms with van der Waals surface area (Å²) in [5.41, 5.74) is 10.4. The van der Waals surface area contributed by atoms with Crippen molar-refractivity contribution in [2.45, 2.75) is 6.54 Å². The number of aromatic nitrogens is 6. The van der Waals surface area contributed by atoms with Gasteiger partial charge in [0, 0.05) is 29.2 Å². The lowest BCUT2D eigenvalue weighted by molar-refractivity contribution is 0.0942. The number of hydrogen-bond donors (Lipinski definition) is 2. The van der Waals surface area contributed by atoms with Gasteiger partial charge in [-0.1, -0.05) is 61.2 Å². The van der Waals surface area contributed by atoms with E-state index in [4.69, 9.17) is 0 Å². The van der Waals surface area contributed by atoms with Crippen molar-refractivity contribution in [1.29, 1.82) is 0 Å². The zero-order chi connectivity index (χ0) is 24.0. The second kappa shape index (κ2) is 9.84. The second-order valence-electron chi connectivity index (χ2n) is 7.78. The molecule has 1 amide bonds. The van der Waals surface area contributed by atoms with Crippen LogP contribution in [0.3, 0.4) is 0 Å². The van der Waals surface area contributed by atoms with E-state index in [1.54, 1.807) is 24.7 Å². The molecule has 0 spiro atoms. The maximum Gasteiger partial charge on any atom is 0.269 e. The summed E-state index contributed by atoms with van der Waals surface area (Å²) in [6, 6.07) is 24.7. The quantitative estimate of drug-likeness (QED) is 0.342. The molecule has 9 heteroatoms. The number of carbonyl (C=O) groups is 1. The van der Waals surface area contributed by atoms with Crippen LogP contribution in [0, 0.1) is 0 Å². The third-order valence-electron chi connectivity index (χ3n) is 5.37. The Bertz CT molecular complexity index is 1420. The molecule has 5 rings (SSSR count). The van der Waals surface area contributed by atoms with Crippen molar-refractivity contribution in [3.8, 4) is 17.1 Å². The number of tetrazole rings is 1. The average Bonchev–Trinajstić information content (AvgIpc) is 3.61. The van der Waals surface area contributed by atoms with E-state index >= 15 is 0 Å². The van der Waals surface area contributed by atoms with Crippen molar-refractivity contribution < 1.29 is 4.79 Å². The molecule has 2 N–H and O–H groups in total. The number of carbonyl (C=O) groups excluding carboxylic acids is 1. The lowest BCUT2D eigenvalue weighted by atomic mass is 10.1.